The van der Waals surface area contributed by atoms with Crippen LogP contribution in [0, 0.1) is 41.5 Å². The lowest BCUT2D eigenvalue weighted by Crippen LogP contribution is -1.90. The average molecular weight is 1440 g/mol. The van der Waals surface area contributed by atoms with Crippen LogP contribution in [0.5, 0.6) is 0 Å². The Bertz CT molecular complexity index is 6310. The SMILES string of the molecule is Cc1ccc(-c2c3nc(c(-c4ccc(C)cc4)c4ccc([nH]4)c(-c4ccc(/C=C/c5ccc(/C=C/c6ccc(-c7c8nc(c(-c9ccc(C)cc9)c9ccc([nH]9)c(-c9ccc(C)cc9)c9nc(c(-c%10ccc(C)cc%10)c%10ccc7[nH]%10)C=C9)C=C8)cc6)cc5)cc4)c4nc(c(-c5ccc(C)cc5)c5ccc2[nH]5)C=C4)C=C3)cc1. The summed E-state index contributed by atoms with van der Waals surface area (Å²) in [4.78, 5) is 37.9. The summed E-state index contributed by atoms with van der Waals surface area (Å²) in [5.74, 6) is 0. The molecule has 16 bridgehead atoms. The summed E-state index contributed by atoms with van der Waals surface area (Å²) in [7, 11) is 0. The molecule has 4 aliphatic rings. The van der Waals surface area contributed by atoms with E-state index in [-0.39, 0.29) is 0 Å². The molecule has 0 radical (unpaired) electrons. The van der Waals surface area contributed by atoms with Crippen molar-refractivity contribution < 1.29 is 0 Å². The van der Waals surface area contributed by atoms with Crippen molar-refractivity contribution >= 4 is 117 Å². The number of H-pyrrole nitrogens is 4. The molecular weight excluding hydrogens is 1360 g/mol. The van der Waals surface area contributed by atoms with E-state index in [1.807, 2.05) is 0 Å². The van der Waals surface area contributed by atoms with E-state index in [2.05, 4.69) is 401 Å². The Kier molecular flexibility index (Phi) is 17.5. The van der Waals surface area contributed by atoms with Crippen LogP contribution in [0.4, 0.5) is 0 Å². The number of rotatable bonds is 12. The van der Waals surface area contributed by atoms with Crippen LogP contribution in [0.15, 0.2) is 267 Å². The first-order chi connectivity index (χ1) is 54.9. The van der Waals surface area contributed by atoms with Crippen molar-refractivity contribution in [2.75, 3.05) is 0 Å². The topological polar surface area (TPSA) is 115 Å². The molecule has 6 aromatic heterocycles. The molecule has 0 atom stereocenters. The van der Waals surface area contributed by atoms with Gasteiger partial charge in [0.05, 0.1) is 45.6 Å². The van der Waals surface area contributed by atoms with Gasteiger partial charge in [0.15, 0.2) is 0 Å². The highest BCUT2D eigenvalue weighted by Crippen LogP contribution is 2.43. The van der Waals surface area contributed by atoms with Crippen LogP contribution in [0.25, 0.3) is 206 Å². The second kappa shape index (κ2) is 28.7. The lowest BCUT2D eigenvalue weighted by molar-refractivity contribution is 1.31. The molecule has 4 N–H and O–H groups in total. The van der Waals surface area contributed by atoms with E-state index in [0.717, 1.165) is 201 Å². The first-order valence-corrected chi connectivity index (χ1v) is 38.3. The molecule has 0 aliphatic carbocycles. The number of aromatic amines is 4. The predicted molar refractivity (Wildman–Crippen MR) is 474 cm³/mol. The molecule has 19 rings (SSSR count). The maximum atomic E-state index is 5.58. The highest BCUT2D eigenvalue weighted by molar-refractivity contribution is 6.03. The minimum atomic E-state index is 0.864. The molecular formula is C104H78N8. The van der Waals surface area contributed by atoms with Gasteiger partial charge in [0, 0.05) is 88.6 Å². The first-order valence-electron chi connectivity index (χ1n) is 38.3. The van der Waals surface area contributed by atoms with Gasteiger partial charge in [0.1, 0.15) is 0 Å². The summed E-state index contributed by atoms with van der Waals surface area (Å²) in [6.07, 6.45) is 26.0. The van der Waals surface area contributed by atoms with E-state index in [1.165, 1.54) is 33.4 Å². The second-order valence-electron chi connectivity index (χ2n) is 29.8. The van der Waals surface area contributed by atoms with Crippen LogP contribution in [0.2, 0.25) is 0 Å². The summed E-state index contributed by atoms with van der Waals surface area (Å²) in [6.45, 7) is 12.8. The summed E-state index contributed by atoms with van der Waals surface area (Å²) in [5.41, 5.74) is 42.9. The number of nitrogens with one attached hydrogen (secondary N) is 4. The van der Waals surface area contributed by atoms with E-state index in [1.54, 1.807) is 0 Å². The fraction of sp³-hybridized carbons (Fsp3) is 0.0577. The zero-order valence-corrected chi connectivity index (χ0v) is 63.1. The molecule has 0 fully saturated rings. The summed E-state index contributed by atoms with van der Waals surface area (Å²) in [6, 6.07) is 96.4. The number of benzene rings is 9. The number of hydrogen-bond donors (Lipinski definition) is 4. The normalized spacial score (nSPS) is 12.3. The van der Waals surface area contributed by atoms with Crippen LogP contribution in [-0.2, 0) is 0 Å². The first kappa shape index (κ1) is 68.2. The molecule has 9 aromatic carbocycles. The van der Waals surface area contributed by atoms with Gasteiger partial charge < -0.3 is 19.9 Å². The molecule has 0 saturated heterocycles. The molecule has 112 heavy (non-hydrogen) atoms. The van der Waals surface area contributed by atoms with Gasteiger partial charge >= 0.3 is 0 Å². The lowest BCUT2D eigenvalue weighted by Gasteiger charge is -2.08. The second-order valence-corrected chi connectivity index (χ2v) is 29.8. The minimum absolute atomic E-state index is 0.864. The quantitative estimate of drug-likeness (QED) is 0.0912. The van der Waals surface area contributed by atoms with E-state index in [0.29, 0.717) is 0 Å². The van der Waals surface area contributed by atoms with Crippen LogP contribution in [-0.4, -0.2) is 39.9 Å². The van der Waals surface area contributed by atoms with Crippen molar-refractivity contribution in [2.24, 2.45) is 0 Å². The highest BCUT2D eigenvalue weighted by Gasteiger charge is 2.23. The minimum Gasteiger partial charge on any atom is -0.354 e. The molecule has 0 amide bonds. The smallest absolute Gasteiger partial charge is 0.0737 e. The zero-order valence-electron chi connectivity index (χ0n) is 63.1. The lowest BCUT2D eigenvalue weighted by atomic mass is 10.0. The van der Waals surface area contributed by atoms with Crippen molar-refractivity contribution in [3.63, 3.8) is 0 Å². The zero-order chi connectivity index (χ0) is 75.5. The number of hydrogen-bond acceptors (Lipinski definition) is 4. The van der Waals surface area contributed by atoms with Crippen LogP contribution >= 0.6 is 0 Å². The summed E-state index contributed by atoms with van der Waals surface area (Å²) < 4.78 is 0. The highest BCUT2D eigenvalue weighted by atomic mass is 14.8. The Labute approximate surface area is 651 Å². The van der Waals surface area contributed by atoms with Gasteiger partial charge in [-0.25, -0.2) is 19.9 Å². The van der Waals surface area contributed by atoms with Gasteiger partial charge in [-0.2, -0.15) is 0 Å². The van der Waals surface area contributed by atoms with Gasteiger partial charge in [-0.1, -0.05) is 276 Å². The monoisotopic (exact) mass is 1440 g/mol. The molecule has 0 spiro atoms. The van der Waals surface area contributed by atoms with Gasteiger partial charge in [-0.3, -0.25) is 0 Å². The fourth-order valence-corrected chi connectivity index (χ4v) is 15.8. The fourth-order valence-electron chi connectivity index (χ4n) is 15.8. The molecule has 10 heterocycles. The van der Waals surface area contributed by atoms with Crippen LogP contribution < -0.4 is 0 Å². The molecule has 8 nitrogen and oxygen atoms in total. The van der Waals surface area contributed by atoms with Crippen molar-refractivity contribution in [3.05, 3.63) is 368 Å². The standard InChI is InChI=1S/C104H78N8/c1-63-7-31-73(32-8-63)97-81-47-51-85(105-81)99(75-35-11-65(3)12-36-75)89-55-59-93(109-89)103(94-60-56-90(110-94)100(86-52-48-82(97)106-86)76-37-13-66(4)14-38-76)79-43-27-71(28-44-79)25-23-69-19-21-70(22-20-69)24-26-72-29-45-80(46-30-72)104-95-61-57-91(111-95)101(77-39-15-67(5)16-40-77)87-53-49-83(107-87)98(74-33-9-64(2)10-34-74)84-50-54-88(108-84)102(92-58-62-96(104)112-92)78-41-17-68(6)18-42-78/h7-62,105,107,110,112H,1-6H3/b25-23+,26-24+,97-81?,97-82?,98-83?,98-84?,99-85?,99-89?,100-86?,100-90?,101-87?,101-91?,102-88?,102-92?,103-93?,103-94?,104-95?,104-96?. The van der Waals surface area contributed by atoms with E-state index >= 15 is 0 Å². The van der Waals surface area contributed by atoms with E-state index in [9.17, 15) is 0 Å². The van der Waals surface area contributed by atoms with Crippen molar-refractivity contribution in [3.8, 4) is 89.0 Å². The van der Waals surface area contributed by atoms with Crippen LogP contribution in [0.3, 0.4) is 0 Å². The van der Waals surface area contributed by atoms with E-state index < -0.39 is 0 Å². The number of fused-ring (bicyclic) bond motifs is 16. The van der Waals surface area contributed by atoms with Crippen LogP contribution in [0.1, 0.15) is 101 Å². The molecule has 4 aliphatic heterocycles. The molecule has 15 aromatic rings. The van der Waals surface area contributed by atoms with Crippen molar-refractivity contribution in [1.29, 1.82) is 0 Å². The molecule has 8 heteroatoms. The summed E-state index contributed by atoms with van der Waals surface area (Å²) >= 11 is 0. The molecule has 534 valence electrons. The van der Waals surface area contributed by atoms with Gasteiger partial charge in [-0.15, -0.1) is 0 Å². The third kappa shape index (κ3) is 13.3. The van der Waals surface area contributed by atoms with E-state index in [4.69, 9.17) is 19.9 Å². The number of nitrogens with zero attached hydrogens (tertiary/aromatic N) is 4. The molecule has 0 unspecified atom stereocenters. The Hall–Kier alpha value is -14.3. The Balaban J connectivity index is 0.651. The molecule has 0 saturated carbocycles. The summed E-state index contributed by atoms with van der Waals surface area (Å²) in [5, 5.41) is 0. The van der Waals surface area contributed by atoms with Crippen molar-refractivity contribution in [2.45, 2.75) is 41.5 Å². The third-order valence-corrected chi connectivity index (χ3v) is 21.8. The Morgan fingerprint density at radius 1 is 0.161 bits per heavy atom. The predicted octanol–water partition coefficient (Wildman–Crippen LogP) is 27.2. The Morgan fingerprint density at radius 3 is 0.429 bits per heavy atom. The number of aryl methyl sites for hydroxylation is 6. The van der Waals surface area contributed by atoms with Crippen molar-refractivity contribution in [1.82, 2.24) is 39.9 Å². The van der Waals surface area contributed by atoms with Gasteiger partial charge in [0.2, 0.25) is 0 Å². The third-order valence-electron chi connectivity index (χ3n) is 21.8. The maximum absolute atomic E-state index is 5.58. The Morgan fingerprint density at radius 2 is 0.286 bits per heavy atom. The van der Waals surface area contributed by atoms with Gasteiger partial charge in [-0.05, 0) is 205 Å². The largest absolute Gasteiger partial charge is 0.354 e. The maximum Gasteiger partial charge on any atom is 0.0737 e. The number of aromatic nitrogens is 8. The van der Waals surface area contributed by atoms with Gasteiger partial charge in [0.25, 0.3) is 0 Å². The average Bonchev–Trinajstić information content (AvgIpc) is 1.65.